The fraction of sp³-hybridized carbons (Fsp3) is 0.722. The molecule has 8 nitrogen and oxygen atoms in total. The van der Waals surface area contributed by atoms with Gasteiger partial charge in [-0.3, -0.25) is 4.99 Å². The third kappa shape index (κ3) is 5.31. The van der Waals surface area contributed by atoms with Gasteiger partial charge in [0.1, 0.15) is 0 Å². The van der Waals surface area contributed by atoms with Gasteiger partial charge in [0.05, 0.1) is 11.5 Å². The van der Waals surface area contributed by atoms with E-state index in [0.717, 1.165) is 44.3 Å². The van der Waals surface area contributed by atoms with Crippen molar-refractivity contribution < 1.29 is 8.42 Å². The van der Waals surface area contributed by atoms with Crippen LogP contribution >= 0.6 is 0 Å². The van der Waals surface area contributed by atoms with Crippen molar-refractivity contribution in [2.24, 2.45) is 10.9 Å². The summed E-state index contributed by atoms with van der Waals surface area (Å²) in [6, 6.07) is 2.61. The van der Waals surface area contributed by atoms with E-state index in [0.29, 0.717) is 18.3 Å². The van der Waals surface area contributed by atoms with Crippen LogP contribution in [0.5, 0.6) is 0 Å². The number of sulfone groups is 1. The van der Waals surface area contributed by atoms with Gasteiger partial charge in [-0.25, -0.2) is 18.4 Å². The van der Waals surface area contributed by atoms with Crippen LogP contribution in [0.2, 0.25) is 0 Å². The molecule has 2 unspecified atom stereocenters. The van der Waals surface area contributed by atoms with Crippen LogP contribution in [0.25, 0.3) is 0 Å². The van der Waals surface area contributed by atoms with Crippen molar-refractivity contribution in [3.63, 3.8) is 0 Å². The van der Waals surface area contributed by atoms with Crippen LogP contribution in [-0.4, -0.2) is 67.6 Å². The molecule has 3 heterocycles. The SMILES string of the molecule is O=S1(=O)CCC(CN=C(NC2CC2)NC2CCCN(c3ncccn3)C2)C1. The summed E-state index contributed by atoms with van der Waals surface area (Å²) in [7, 11) is -2.85. The van der Waals surface area contributed by atoms with Gasteiger partial charge in [-0.15, -0.1) is 0 Å². The molecular weight excluding hydrogens is 364 g/mol. The van der Waals surface area contributed by atoms with Crippen LogP contribution in [0.4, 0.5) is 5.95 Å². The summed E-state index contributed by atoms with van der Waals surface area (Å²) < 4.78 is 23.3. The van der Waals surface area contributed by atoms with Gasteiger partial charge >= 0.3 is 0 Å². The van der Waals surface area contributed by atoms with Crippen molar-refractivity contribution in [1.82, 2.24) is 20.6 Å². The first kappa shape index (κ1) is 18.5. The molecule has 2 atom stereocenters. The molecule has 4 rings (SSSR count). The normalized spacial score (nSPS) is 28.1. The van der Waals surface area contributed by atoms with E-state index in [1.807, 2.05) is 6.07 Å². The van der Waals surface area contributed by atoms with Crippen LogP contribution in [0.15, 0.2) is 23.5 Å². The number of nitrogens with one attached hydrogen (secondary N) is 2. The van der Waals surface area contributed by atoms with Gasteiger partial charge in [0.2, 0.25) is 5.95 Å². The maximum atomic E-state index is 11.7. The quantitative estimate of drug-likeness (QED) is 0.558. The lowest BCUT2D eigenvalue weighted by Gasteiger charge is -2.34. The minimum Gasteiger partial charge on any atom is -0.354 e. The summed E-state index contributed by atoms with van der Waals surface area (Å²) in [5.41, 5.74) is 0. The number of piperidine rings is 1. The molecule has 2 saturated heterocycles. The Morgan fingerprint density at radius 3 is 2.63 bits per heavy atom. The van der Waals surface area contributed by atoms with Crippen molar-refractivity contribution in [2.45, 2.75) is 44.2 Å². The average Bonchev–Trinajstić information content (AvgIpc) is 3.42. The van der Waals surface area contributed by atoms with Crippen molar-refractivity contribution in [3.05, 3.63) is 18.5 Å². The number of aromatic nitrogens is 2. The predicted octanol–water partition coefficient (Wildman–Crippen LogP) is 0.578. The highest BCUT2D eigenvalue weighted by Gasteiger charge is 2.29. The average molecular weight is 393 g/mol. The number of nitrogens with zero attached hydrogens (tertiary/aromatic N) is 4. The minimum atomic E-state index is -2.85. The summed E-state index contributed by atoms with van der Waals surface area (Å²) in [4.78, 5) is 15.7. The number of guanidine groups is 1. The highest BCUT2D eigenvalue weighted by molar-refractivity contribution is 7.91. The molecule has 0 radical (unpaired) electrons. The van der Waals surface area contributed by atoms with E-state index in [4.69, 9.17) is 4.99 Å². The van der Waals surface area contributed by atoms with Crippen LogP contribution in [-0.2, 0) is 9.84 Å². The number of aliphatic imine (C=N–C) groups is 1. The van der Waals surface area contributed by atoms with Crippen molar-refractivity contribution in [1.29, 1.82) is 0 Å². The second-order valence-corrected chi connectivity index (χ2v) is 10.1. The Morgan fingerprint density at radius 2 is 1.93 bits per heavy atom. The molecule has 27 heavy (non-hydrogen) atoms. The second kappa shape index (κ2) is 8.00. The van der Waals surface area contributed by atoms with Gasteiger partial charge in [0.15, 0.2) is 15.8 Å². The van der Waals surface area contributed by atoms with Crippen LogP contribution < -0.4 is 15.5 Å². The van der Waals surface area contributed by atoms with Gasteiger partial charge in [-0.05, 0) is 44.1 Å². The molecule has 1 aromatic heterocycles. The van der Waals surface area contributed by atoms with Gasteiger partial charge in [0.25, 0.3) is 0 Å². The van der Waals surface area contributed by atoms with E-state index in [2.05, 4.69) is 25.5 Å². The first-order valence-electron chi connectivity index (χ1n) is 9.87. The Bertz CT molecular complexity index is 765. The molecule has 3 fully saturated rings. The van der Waals surface area contributed by atoms with Crippen LogP contribution in [0, 0.1) is 5.92 Å². The molecule has 2 aliphatic heterocycles. The summed E-state index contributed by atoms with van der Waals surface area (Å²) in [5.74, 6) is 2.32. The van der Waals surface area contributed by atoms with E-state index in [1.165, 1.54) is 12.8 Å². The maximum absolute atomic E-state index is 11.7. The summed E-state index contributed by atoms with van der Waals surface area (Å²) in [6.07, 6.45) is 8.78. The molecule has 148 valence electrons. The Morgan fingerprint density at radius 1 is 1.15 bits per heavy atom. The number of hydrogen-bond acceptors (Lipinski definition) is 6. The van der Waals surface area contributed by atoms with Crippen molar-refractivity contribution in [2.75, 3.05) is 36.0 Å². The summed E-state index contributed by atoms with van der Waals surface area (Å²) in [5, 5.41) is 7.04. The molecule has 0 amide bonds. The van der Waals surface area contributed by atoms with E-state index >= 15 is 0 Å². The zero-order chi connectivity index (χ0) is 18.7. The molecule has 0 spiro atoms. The second-order valence-electron chi connectivity index (χ2n) is 7.86. The molecule has 1 aliphatic carbocycles. The van der Waals surface area contributed by atoms with E-state index in [9.17, 15) is 8.42 Å². The largest absolute Gasteiger partial charge is 0.354 e. The number of rotatable bonds is 5. The maximum Gasteiger partial charge on any atom is 0.225 e. The number of hydrogen-bond donors (Lipinski definition) is 2. The molecule has 1 aromatic rings. The van der Waals surface area contributed by atoms with Gasteiger partial charge < -0.3 is 15.5 Å². The number of anilines is 1. The standard InChI is InChI=1S/C18H28N6O2S/c25-27(26)10-6-14(13-27)11-21-17(22-15-4-5-15)23-16-3-1-9-24(12-16)18-19-7-2-8-20-18/h2,7-8,14-16H,1,3-6,9-13H2,(H2,21,22,23). The lowest BCUT2D eigenvalue weighted by molar-refractivity contribution is 0.461. The lowest BCUT2D eigenvalue weighted by atomic mass is 10.1. The highest BCUT2D eigenvalue weighted by atomic mass is 32.2. The lowest BCUT2D eigenvalue weighted by Crippen LogP contribution is -2.52. The summed E-state index contributed by atoms with van der Waals surface area (Å²) in [6.45, 7) is 2.37. The molecule has 3 aliphatic rings. The summed E-state index contributed by atoms with van der Waals surface area (Å²) >= 11 is 0. The molecule has 2 N–H and O–H groups in total. The monoisotopic (exact) mass is 392 g/mol. The third-order valence-corrected chi connectivity index (χ3v) is 7.19. The van der Waals surface area contributed by atoms with Crippen molar-refractivity contribution >= 4 is 21.7 Å². The van der Waals surface area contributed by atoms with Crippen LogP contribution in [0.1, 0.15) is 32.1 Å². The molecule has 0 aromatic carbocycles. The molecule has 0 bridgehead atoms. The van der Waals surface area contributed by atoms with E-state index in [1.54, 1.807) is 12.4 Å². The van der Waals surface area contributed by atoms with E-state index in [-0.39, 0.29) is 17.7 Å². The smallest absolute Gasteiger partial charge is 0.225 e. The van der Waals surface area contributed by atoms with Gasteiger partial charge in [0, 0.05) is 44.1 Å². The van der Waals surface area contributed by atoms with Gasteiger partial charge in [-0.2, -0.15) is 0 Å². The minimum absolute atomic E-state index is 0.147. The topological polar surface area (TPSA) is 99.6 Å². The molecular formula is C18H28N6O2S. The fourth-order valence-electron chi connectivity index (χ4n) is 3.71. The Balaban J connectivity index is 1.36. The Labute approximate surface area is 160 Å². The van der Waals surface area contributed by atoms with Crippen molar-refractivity contribution in [3.8, 4) is 0 Å². The first-order valence-corrected chi connectivity index (χ1v) is 11.7. The Kier molecular flexibility index (Phi) is 5.47. The third-order valence-electron chi connectivity index (χ3n) is 5.35. The molecule has 9 heteroatoms. The van der Waals surface area contributed by atoms with Gasteiger partial charge in [-0.1, -0.05) is 0 Å². The zero-order valence-electron chi connectivity index (χ0n) is 15.5. The predicted molar refractivity (Wildman–Crippen MR) is 106 cm³/mol. The van der Waals surface area contributed by atoms with Crippen LogP contribution in [0.3, 0.4) is 0 Å². The molecule has 1 saturated carbocycles. The highest BCUT2D eigenvalue weighted by Crippen LogP contribution is 2.21. The fourth-order valence-corrected chi connectivity index (χ4v) is 5.56. The Hall–Kier alpha value is -1.90. The first-order chi connectivity index (χ1) is 13.1. The van der Waals surface area contributed by atoms with E-state index < -0.39 is 9.84 Å². The zero-order valence-corrected chi connectivity index (χ0v) is 16.4.